The maximum absolute atomic E-state index is 12.3. The largest absolute Gasteiger partial charge is 0.376 e. The molecule has 0 spiro atoms. The van der Waals surface area contributed by atoms with E-state index in [1.54, 1.807) is 11.8 Å². The smallest absolute Gasteiger partial charge is 0.258 e. The summed E-state index contributed by atoms with van der Waals surface area (Å²) in [5.41, 5.74) is 3.28. The molecule has 2 aliphatic heterocycles. The van der Waals surface area contributed by atoms with E-state index < -0.39 is 0 Å². The number of halogens is 1. The number of rotatable bonds is 1. The van der Waals surface area contributed by atoms with Gasteiger partial charge in [-0.05, 0) is 50.0 Å². The molecule has 1 aromatic carbocycles. The Labute approximate surface area is 134 Å². The fourth-order valence-electron chi connectivity index (χ4n) is 2.94. The minimum absolute atomic E-state index is 0.0539. The van der Waals surface area contributed by atoms with E-state index in [0.717, 1.165) is 33.4 Å². The Morgan fingerprint density at radius 1 is 1.33 bits per heavy atom. The molecule has 2 aliphatic rings. The Balaban J connectivity index is 2.02. The van der Waals surface area contributed by atoms with Crippen LogP contribution in [-0.2, 0) is 11.2 Å². The first kappa shape index (κ1) is 14.8. The van der Waals surface area contributed by atoms with Crippen molar-refractivity contribution in [1.29, 1.82) is 0 Å². The summed E-state index contributed by atoms with van der Waals surface area (Å²) >= 11 is 7.94. The summed E-state index contributed by atoms with van der Waals surface area (Å²) in [5.74, 6) is 0.0539. The Hall–Kier alpha value is -1.13. The summed E-state index contributed by atoms with van der Waals surface area (Å²) in [4.78, 5) is 16.3. The van der Waals surface area contributed by atoms with Crippen molar-refractivity contribution in [2.24, 2.45) is 0 Å². The molecule has 1 aromatic rings. The van der Waals surface area contributed by atoms with Gasteiger partial charge in [0, 0.05) is 24.5 Å². The lowest BCUT2D eigenvalue weighted by molar-refractivity contribution is -0.118. The molecule has 0 fully saturated rings. The minimum Gasteiger partial charge on any atom is -0.376 e. The Morgan fingerprint density at radius 3 is 2.71 bits per heavy atom. The van der Waals surface area contributed by atoms with Gasteiger partial charge in [0.15, 0.2) is 0 Å². The quantitative estimate of drug-likeness (QED) is 0.857. The third-order valence-corrected chi connectivity index (χ3v) is 5.44. The van der Waals surface area contributed by atoms with Crippen LogP contribution in [0, 0.1) is 0 Å². The van der Waals surface area contributed by atoms with Crippen molar-refractivity contribution in [1.82, 2.24) is 5.32 Å². The predicted octanol–water partition coefficient (Wildman–Crippen LogP) is 3.61. The van der Waals surface area contributed by atoms with Gasteiger partial charge in [-0.1, -0.05) is 23.4 Å². The molecule has 2 heterocycles. The number of nitrogens with one attached hydrogen (secondary N) is 1. The topological polar surface area (TPSA) is 32.3 Å². The Morgan fingerprint density at radius 2 is 2.05 bits per heavy atom. The molecule has 1 N–H and O–H groups in total. The number of carbonyl (C=O) groups is 1. The number of amides is 1. The molecule has 3 nitrogen and oxygen atoms in total. The highest BCUT2D eigenvalue weighted by atomic mass is 35.5. The summed E-state index contributed by atoms with van der Waals surface area (Å²) in [6, 6.07) is 4.13. The molecule has 0 aliphatic carbocycles. The lowest BCUT2D eigenvalue weighted by Gasteiger charge is -2.36. The molecule has 0 aromatic heterocycles. The third kappa shape index (κ3) is 2.67. The molecule has 1 amide bonds. The molecule has 0 bridgehead atoms. The van der Waals surface area contributed by atoms with Crippen molar-refractivity contribution in [3.8, 4) is 0 Å². The maximum Gasteiger partial charge on any atom is 0.258 e. The zero-order valence-corrected chi connectivity index (χ0v) is 14.3. The van der Waals surface area contributed by atoms with Crippen LogP contribution < -0.4 is 10.2 Å². The van der Waals surface area contributed by atoms with Crippen LogP contribution in [0.5, 0.6) is 0 Å². The van der Waals surface area contributed by atoms with Gasteiger partial charge in [-0.15, -0.1) is 0 Å². The summed E-state index contributed by atoms with van der Waals surface area (Å²) in [7, 11) is 3.95. The fraction of sp³-hybridized carbons (Fsp3) is 0.438. The van der Waals surface area contributed by atoms with Gasteiger partial charge in [-0.3, -0.25) is 4.79 Å². The van der Waals surface area contributed by atoms with Crippen molar-refractivity contribution in [3.05, 3.63) is 33.2 Å². The third-order valence-electron chi connectivity index (χ3n) is 3.86. The van der Waals surface area contributed by atoms with Crippen LogP contribution in [0.15, 0.2) is 27.5 Å². The lowest BCUT2D eigenvalue weighted by Crippen LogP contribution is -2.48. The molecule has 5 heteroatoms. The summed E-state index contributed by atoms with van der Waals surface area (Å²) < 4.78 is 0. The molecule has 21 heavy (non-hydrogen) atoms. The van der Waals surface area contributed by atoms with Gasteiger partial charge in [-0.2, -0.15) is 0 Å². The van der Waals surface area contributed by atoms with E-state index in [4.69, 9.17) is 11.6 Å². The monoisotopic (exact) mass is 322 g/mol. The molecule has 0 radical (unpaired) electrons. The summed E-state index contributed by atoms with van der Waals surface area (Å²) in [6.45, 7) is 4.13. The first-order valence-corrected chi connectivity index (χ1v) is 8.18. The van der Waals surface area contributed by atoms with Crippen LogP contribution in [0.3, 0.4) is 0 Å². The summed E-state index contributed by atoms with van der Waals surface area (Å²) in [6.07, 6.45) is 1.72. The van der Waals surface area contributed by atoms with Gasteiger partial charge in [0.05, 0.1) is 15.6 Å². The highest BCUT2D eigenvalue weighted by Crippen LogP contribution is 2.45. The SMILES string of the molecule is CN(C)c1cc2c(cc1Cl)CC1=C(S2)C(=O)NC(C)(C)C1. The zero-order valence-electron chi connectivity index (χ0n) is 12.7. The first-order chi connectivity index (χ1) is 9.77. The minimum atomic E-state index is -0.165. The van der Waals surface area contributed by atoms with Gasteiger partial charge >= 0.3 is 0 Å². The average molecular weight is 323 g/mol. The Kier molecular flexibility index (Phi) is 3.49. The normalized spacial score (nSPS) is 19.8. The predicted molar refractivity (Wildman–Crippen MR) is 89.2 cm³/mol. The average Bonchev–Trinajstić information content (AvgIpc) is 2.34. The molecule has 112 valence electrons. The van der Waals surface area contributed by atoms with Gasteiger partial charge in [-0.25, -0.2) is 0 Å². The van der Waals surface area contributed by atoms with Crippen LogP contribution >= 0.6 is 23.4 Å². The molecule has 0 saturated heterocycles. The number of fused-ring (bicyclic) bond motifs is 1. The van der Waals surface area contributed by atoms with Crippen molar-refractivity contribution < 1.29 is 4.79 Å². The van der Waals surface area contributed by atoms with E-state index in [1.807, 2.05) is 25.1 Å². The van der Waals surface area contributed by atoms with Crippen LogP contribution in [0.25, 0.3) is 0 Å². The van der Waals surface area contributed by atoms with Crippen LogP contribution in [-0.4, -0.2) is 25.5 Å². The number of nitrogens with zero attached hydrogens (tertiary/aromatic N) is 1. The number of hydrogen-bond donors (Lipinski definition) is 1. The van der Waals surface area contributed by atoms with Crippen molar-refractivity contribution in [2.75, 3.05) is 19.0 Å². The molecular weight excluding hydrogens is 304 g/mol. The first-order valence-electron chi connectivity index (χ1n) is 6.99. The number of thioether (sulfide) groups is 1. The van der Waals surface area contributed by atoms with Crippen LogP contribution in [0.2, 0.25) is 5.02 Å². The highest BCUT2D eigenvalue weighted by Gasteiger charge is 2.35. The lowest BCUT2D eigenvalue weighted by atomic mass is 9.87. The van der Waals surface area contributed by atoms with Crippen LogP contribution in [0.4, 0.5) is 5.69 Å². The number of hydrogen-bond acceptors (Lipinski definition) is 3. The Bertz CT molecular complexity index is 664. The molecule has 0 atom stereocenters. The van der Waals surface area contributed by atoms with Crippen molar-refractivity contribution >= 4 is 35.0 Å². The van der Waals surface area contributed by atoms with Crippen LogP contribution in [0.1, 0.15) is 25.8 Å². The van der Waals surface area contributed by atoms with Gasteiger partial charge < -0.3 is 10.2 Å². The number of benzene rings is 1. The summed E-state index contributed by atoms with van der Waals surface area (Å²) in [5, 5.41) is 3.85. The molecular formula is C16H19ClN2OS. The van der Waals surface area contributed by atoms with E-state index in [9.17, 15) is 4.79 Å². The number of carbonyl (C=O) groups excluding carboxylic acids is 1. The molecule has 0 unspecified atom stereocenters. The van der Waals surface area contributed by atoms with E-state index in [2.05, 4.69) is 25.2 Å². The van der Waals surface area contributed by atoms with E-state index >= 15 is 0 Å². The van der Waals surface area contributed by atoms with Crippen molar-refractivity contribution in [2.45, 2.75) is 37.1 Å². The van der Waals surface area contributed by atoms with E-state index in [0.29, 0.717) is 0 Å². The van der Waals surface area contributed by atoms with Gasteiger partial charge in [0.25, 0.3) is 5.91 Å². The second kappa shape index (κ2) is 4.96. The second-order valence-electron chi connectivity index (χ2n) is 6.53. The van der Waals surface area contributed by atoms with Gasteiger partial charge in [0.1, 0.15) is 0 Å². The van der Waals surface area contributed by atoms with Gasteiger partial charge in [0.2, 0.25) is 0 Å². The maximum atomic E-state index is 12.3. The second-order valence-corrected chi connectivity index (χ2v) is 7.99. The zero-order chi connectivity index (χ0) is 15.4. The molecule has 0 saturated carbocycles. The van der Waals surface area contributed by atoms with E-state index in [1.165, 1.54) is 11.1 Å². The van der Waals surface area contributed by atoms with E-state index in [-0.39, 0.29) is 11.4 Å². The van der Waals surface area contributed by atoms with Crippen molar-refractivity contribution in [3.63, 3.8) is 0 Å². The molecule has 3 rings (SSSR count). The number of anilines is 1. The standard InChI is InChI=1S/C16H19ClN2OS/c1-16(2)8-10-5-9-6-11(17)12(19(3)4)7-13(9)21-14(10)15(20)18-16/h6-7H,5,8H2,1-4H3,(H,18,20). The fourth-order valence-corrected chi connectivity index (χ4v) is 4.38. The highest BCUT2D eigenvalue weighted by molar-refractivity contribution is 8.04.